The molecule has 1 aromatic heterocycles. The number of benzene rings is 3. The molecule has 0 saturated carbocycles. The van der Waals surface area contributed by atoms with Gasteiger partial charge in [0.1, 0.15) is 0 Å². The smallest absolute Gasteiger partial charge is 0.229 e. The summed E-state index contributed by atoms with van der Waals surface area (Å²) in [4.78, 5) is 21.0. The molecule has 0 saturated heterocycles. The zero-order valence-corrected chi connectivity index (χ0v) is 20.8. The Morgan fingerprint density at radius 2 is 1.76 bits per heavy atom. The summed E-state index contributed by atoms with van der Waals surface area (Å²) < 4.78 is 24.6. The average molecular weight is 497 g/mol. The molecule has 1 amide bonds. The molecule has 170 valence electrons. The fourth-order valence-corrected chi connectivity index (χ4v) is 5.88. The van der Waals surface area contributed by atoms with E-state index in [-0.39, 0.29) is 10.8 Å². The van der Waals surface area contributed by atoms with E-state index in [2.05, 4.69) is 36.2 Å². The molecule has 0 spiro atoms. The van der Waals surface area contributed by atoms with Gasteiger partial charge in [0.25, 0.3) is 0 Å². The fraction of sp³-hybridized carbons (Fsp3) is 0.200. The van der Waals surface area contributed by atoms with Crippen LogP contribution in [0.1, 0.15) is 17.5 Å². The van der Waals surface area contributed by atoms with E-state index in [0.29, 0.717) is 29.4 Å². The maximum absolute atomic E-state index is 13.3. The Bertz CT molecular complexity index is 1370. The highest BCUT2D eigenvalue weighted by atomic mass is 32.2. The van der Waals surface area contributed by atoms with Crippen molar-refractivity contribution >= 4 is 54.2 Å². The van der Waals surface area contributed by atoms with Crippen molar-refractivity contribution in [2.75, 3.05) is 16.9 Å². The van der Waals surface area contributed by atoms with Crippen LogP contribution in [0.4, 0.5) is 5.13 Å². The molecule has 4 aromatic rings. The predicted octanol–water partition coefficient (Wildman–Crippen LogP) is 5.72. The molecule has 0 aliphatic heterocycles. The van der Waals surface area contributed by atoms with Crippen molar-refractivity contribution in [1.29, 1.82) is 0 Å². The maximum atomic E-state index is 13.3. The Balaban J connectivity index is 1.57. The molecule has 33 heavy (non-hydrogen) atoms. The molecule has 3 aromatic carbocycles. The van der Waals surface area contributed by atoms with Crippen LogP contribution in [0.3, 0.4) is 0 Å². The van der Waals surface area contributed by atoms with E-state index in [1.165, 1.54) is 23.2 Å². The molecule has 0 bridgehead atoms. The third kappa shape index (κ3) is 6.01. The van der Waals surface area contributed by atoms with Gasteiger partial charge < -0.3 is 0 Å². The number of aryl methyl sites for hydroxylation is 1. The van der Waals surface area contributed by atoms with Crippen LogP contribution < -0.4 is 4.90 Å². The lowest BCUT2D eigenvalue weighted by molar-refractivity contribution is -0.118. The largest absolute Gasteiger partial charge is 0.284 e. The van der Waals surface area contributed by atoms with E-state index < -0.39 is 9.84 Å². The zero-order chi connectivity index (χ0) is 23.4. The molecule has 0 fully saturated rings. The number of anilines is 1. The molecular formula is C25H24N2O3S3. The zero-order valence-electron chi connectivity index (χ0n) is 18.4. The summed E-state index contributed by atoms with van der Waals surface area (Å²) in [6, 6.07) is 23.0. The molecule has 4 rings (SSSR count). The van der Waals surface area contributed by atoms with Crippen molar-refractivity contribution in [2.24, 2.45) is 0 Å². The van der Waals surface area contributed by atoms with Crippen molar-refractivity contribution in [3.8, 4) is 0 Å². The second kappa shape index (κ2) is 10.1. The number of hydrogen-bond donors (Lipinski definition) is 0. The Morgan fingerprint density at radius 3 is 2.45 bits per heavy atom. The minimum absolute atomic E-state index is 0.0131. The van der Waals surface area contributed by atoms with Crippen molar-refractivity contribution < 1.29 is 13.2 Å². The number of carbonyl (C=O) groups is 1. The first-order valence-corrected chi connectivity index (χ1v) is 14.1. The normalized spacial score (nSPS) is 11.6. The quantitative estimate of drug-likeness (QED) is 0.292. The molecule has 5 nitrogen and oxygen atoms in total. The Hall–Kier alpha value is -2.68. The molecule has 0 aliphatic carbocycles. The standard InChI is InChI=1S/C25H24N2O3S3/c1-18-8-10-20(11-9-18)31-15-14-24(28)27(17-19-6-4-3-5-7-19)25-26-22-13-12-21(33(2,29)30)16-23(22)32-25/h3-13,16H,14-15,17H2,1-2H3. The van der Waals surface area contributed by atoms with Crippen LogP contribution in [-0.2, 0) is 21.2 Å². The fourth-order valence-electron chi connectivity index (χ4n) is 3.29. The topological polar surface area (TPSA) is 67.3 Å². The second-order valence-electron chi connectivity index (χ2n) is 7.78. The van der Waals surface area contributed by atoms with Gasteiger partial charge in [-0.05, 0) is 42.8 Å². The highest BCUT2D eigenvalue weighted by Gasteiger charge is 2.21. The highest BCUT2D eigenvalue weighted by Crippen LogP contribution is 2.32. The lowest BCUT2D eigenvalue weighted by atomic mass is 10.2. The SMILES string of the molecule is Cc1ccc(SCCC(=O)N(Cc2ccccc2)c2nc3ccc(S(C)(=O)=O)cc3s2)cc1. The van der Waals surface area contributed by atoms with Gasteiger partial charge in [-0.1, -0.05) is 59.4 Å². The third-order valence-corrected chi connectivity index (χ3v) is 8.26. The number of aromatic nitrogens is 1. The molecule has 0 atom stereocenters. The minimum atomic E-state index is -3.32. The van der Waals surface area contributed by atoms with Crippen LogP contribution in [0.25, 0.3) is 10.2 Å². The number of rotatable bonds is 8. The van der Waals surface area contributed by atoms with Crippen molar-refractivity contribution in [3.05, 3.63) is 83.9 Å². The van der Waals surface area contributed by atoms with E-state index >= 15 is 0 Å². The van der Waals surface area contributed by atoms with Gasteiger partial charge in [0.15, 0.2) is 15.0 Å². The van der Waals surface area contributed by atoms with E-state index in [9.17, 15) is 13.2 Å². The minimum Gasteiger partial charge on any atom is -0.284 e. The summed E-state index contributed by atoms with van der Waals surface area (Å²) in [5.74, 6) is 0.650. The summed E-state index contributed by atoms with van der Waals surface area (Å²) >= 11 is 2.99. The summed E-state index contributed by atoms with van der Waals surface area (Å²) in [7, 11) is -3.32. The van der Waals surface area contributed by atoms with Crippen molar-refractivity contribution in [3.63, 3.8) is 0 Å². The van der Waals surface area contributed by atoms with Crippen LogP contribution in [-0.4, -0.2) is 31.3 Å². The van der Waals surface area contributed by atoms with Gasteiger partial charge in [-0.3, -0.25) is 9.69 Å². The van der Waals surface area contributed by atoms with Crippen LogP contribution in [0.2, 0.25) is 0 Å². The summed E-state index contributed by atoms with van der Waals surface area (Å²) in [5.41, 5.74) is 2.90. The Kier molecular flexibility index (Phi) is 7.17. The van der Waals surface area contributed by atoms with E-state index in [1.807, 2.05) is 30.3 Å². The number of carbonyl (C=O) groups excluding carboxylic acids is 1. The van der Waals surface area contributed by atoms with Crippen LogP contribution in [0, 0.1) is 6.92 Å². The average Bonchev–Trinajstić information content (AvgIpc) is 3.22. The van der Waals surface area contributed by atoms with Crippen molar-refractivity contribution in [2.45, 2.75) is 29.7 Å². The maximum Gasteiger partial charge on any atom is 0.229 e. The summed E-state index contributed by atoms with van der Waals surface area (Å²) in [5, 5.41) is 0.574. The summed E-state index contributed by atoms with van der Waals surface area (Å²) in [6.07, 6.45) is 1.56. The molecule has 0 aliphatic rings. The highest BCUT2D eigenvalue weighted by molar-refractivity contribution is 7.99. The number of thiazole rings is 1. The van der Waals surface area contributed by atoms with E-state index in [0.717, 1.165) is 15.2 Å². The van der Waals surface area contributed by atoms with Gasteiger partial charge in [-0.25, -0.2) is 13.4 Å². The van der Waals surface area contributed by atoms with Crippen LogP contribution in [0.5, 0.6) is 0 Å². The van der Waals surface area contributed by atoms with Gasteiger partial charge >= 0.3 is 0 Å². The van der Waals surface area contributed by atoms with Crippen LogP contribution in [0.15, 0.2) is 82.6 Å². The number of nitrogens with zero attached hydrogens (tertiary/aromatic N) is 2. The number of amides is 1. The number of sulfone groups is 1. The molecule has 1 heterocycles. The van der Waals surface area contributed by atoms with Crippen LogP contribution >= 0.6 is 23.1 Å². The molecule has 0 radical (unpaired) electrons. The lowest BCUT2D eigenvalue weighted by Crippen LogP contribution is -2.30. The molecule has 0 N–H and O–H groups in total. The summed E-state index contributed by atoms with van der Waals surface area (Å²) in [6.45, 7) is 2.46. The Morgan fingerprint density at radius 1 is 1.03 bits per heavy atom. The lowest BCUT2D eigenvalue weighted by Gasteiger charge is -2.20. The Labute approximate surface area is 202 Å². The third-order valence-electron chi connectivity index (χ3n) is 5.10. The number of fused-ring (bicyclic) bond motifs is 1. The predicted molar refractivity (Wildman–Crippen MR) is 137 cm³/mol. The molecule has 8 heteroatoms. The van der Waals surface area contributed by atoms with Gasteiger partial charge in [-0.2, -0.15) is 0 Å². The van der Waals surface area contributed by atoms with E-state index in [4.69, 9.17) is 0 Å². The van der Waals surface area contributed by atoms with Gasteiger partial charge in [0.2, 0.25) is 5.91 Å². The first-order valence-electron chi connectivity index (χ1n) is 10.4. The van der Waals surface area contributed by atoms with Gasteiger partial charge in [0, 0.05) is 23.3 Å². The first kappa shape index (κ1) is 23.5. The second-order valence-corrected chi connectivity index (χ2v) is 12.0. The monoisotopic (exact) mass is 496 g/mol. The molecule has 0 unspecified atom stereocenters. The van der Waals surface area contributed by atoms with Gasteiger partial charge in [0.05, 0.1) is 21.7 Å². The first-order chi connectivity index (χ1) is 15.8. The number of hydrogen-bond acceptors (Lipinski definition) is 6. The van der Waals surface area contributed by atoms with Gasteiger partial charge in [-0.15, -0.1) is 11.8 Å². The molecular weight excluding hydrogens is 472 g/mol. The van der Waals surface area contributed by atoms with E-state index in [1.54, 1.807) is 34.9 Å². The number of thioether (sulfide) groups is 1. The van der Waals surface area contributed by atoms with Crippen molar-refractivity contribution in [1.82, 2.24) is 4.98 Å².